The van der Waals surface area contributed by atoms with Crippen molar-refractivity contribution in [3.05, 3.63) is 54.7 Å². The Hall–Kier alpha value is -3.68. The van der Waals surface area contributed by atoms with Gasteiger partial charge in [0.25, 0.3) is 0 Å². The summed E-state index contributed by atoms with van der Waals surface area (Å²) in [5, 5.41) is 5.78. The Morgan fingerprint density at radius 2 is 1.84 bits per heavy atom. The third-order valence-electron chi connectivity index (χ3n) is 5.38. The molecule has 2 amide bonds. The average Bonchev–Trinajstić information content (AvgIpc) is 3.33. The van der Waals surface area contributed by atoms with E-state index in [4.69, 9.17) is 9.47 Å². The summed E-state index contributed by atoms with van der Waals surface area (Å²) in [7, 11) is 0. The van der Waals surface area contributed by atoms with Gasteiger partial charge in [0, 0.05) is 24.3 Å². The zero-order valence-electron chi connectivity index (χ0n) is 19.6. The number of nitrogens with one attached hydrogen (secondary N) is 2. The molecule has 0 saturated carbocycles. The van der Waals surface area contributed by atoms with Crippen molar-refractivity contribution >= 4 is 34.7 Å². The standard InChI is InChI=1S/C24H23F3N4O5S/c1-15(31-9-11-34-12-10-31)21(32)30-18-13-17(7-8-19(18)36-24(25,26)27)29-23(33)35-20-14-28-22(37-20)16-5-3-2-4-6-16/h2-8,13-15H,9-12H2,1H3,(H,29,33)(H,30,32). The van der Waals surface area contributed by atoms with E-state index in [1.165, 1.54) is 12.3 Å². The van der Waals surface area contributed by atoms with Gasteiger partial charge < -0.3 is 19.5 Å². The number of nitrogens with zero attached hydrogens (tertiary/aromatic N) is 2. The van der Waals surface area contributed by atoms with E-state index in [9.17, 15) is 22.8 Å². The predicted octanol–water partition coefficient (Wildman–Crippen LogP) is 4.98. The van der Waals surface area contributed by atoms with E-state index < -0.39 is 30.2 Å². The number of thiazole rings is 1. The van der Waals surface area contributed by atoms with Crippen LogP contribution in [0.15, 0.2) is 54.7 Å². The maximum Gasteiger partial charge on any atom is 0.573 e. The number of morpholine rings is 1. The molecule has 1 saturated heterocycles. The van der Waals surface area contributed by atoms with Crippen molar-refractivity contribution in [2.75, 3.05) is 36.9 Å². The highest BCUT2D eigenvalue weighted by molar-refractivity contribution is 7.16. The van der Waals surface area contributed by atoms with Crippen LogP contribution in [-0.4, -0.2) is 60.6 Å². The molecule has 1 aliphatic rings. The average molecular weight is 537 g/mol. The molecule has 0 spiro atoms. The van der Waals surface area contributed by atoms with Gasteiger partial charge in [-0.15, -0.1) is 13.2 Å². The molecule has 3 aromatic rings. The summed E-state index contributed by atoms with van der Waals surface area (Å²) in [6.45, 7) is 3.57. The Balaban J connectivity index is 1.45. The largest absolute Gasteiger partial charge is 0.573 e. The van der Waals surface area contributed by atoms with E-state index in [2.05, 4.69) is 20.4 Å². The van der Waals surface area contributed by atoms with Crippen LogP contribution < -0.4 is 20.1 Å². The van der Waals surface area contributed by atoms with Crippen LogP contribution >= 0.6 is 11.3 Å². The van der Waals surface area contributed by atoms with Crippen molar-refractivity contribution < 1.29 is 37.0 Å². The molecular formula is C24H23F3N4O5S. The molecule has 0 bridgehead atoms. The number of anilines is 2. The lowest BCUT2D eigenvalue weighted by Gasteiger charge is -2.31. The Bertz CT molecular complexity index is 1230. The number of hydrogen-bond donors (Lipinski definition) is 2. The lowest BCUT2D eigenvalue weighted by molar-refractivity contribution is -0.274. The minimum Gasteiger partial charge on any atom is -0.404 e. The minimum absolute atomic E-state index is 0.0849. The van der Waals surface area contributed by atoms with Crippen LogP contribution in [0.2, 0.25) is 0 Å². The first-order valence-corrected chi connectivity index (χ1v) is 12.0. The summed E-state index contributed by atoms with van der Waals surface area (Å²) in [5.74, 6) is -1.16. The smallest absolute Gasteiger partial charge is 0.404 e. The zero-order chi connectivity index (χ0) is 26.4. The summed E-state index contributed by atoms with van der Waals surface area (Å²) in [4.78, 5) is 31.3. The highest BCUT2D eigenvalue weighted by atomic mass is 32.1. The molecule has 196 valence electrons. The molecule has 1 aromatic heterocycles. The third kappa shape index (κ3) is 7.41. The molecule has 13 heteroatoms. The number of benzene rings is 2. The molecule has 9 nitrogen and oxygen atoms in total. The fraction of sp³-hybridized carbons (Fsp3) is 0.292. The number of rotatable bonds is 7. The first kappa shape index (κ1) is 26.4. The third-order valence-corrected chi connectivity index (χ3v) is 6.31. The van der Waals surface area contributed by atoms with Gasteiger partial charge in [-0.05, 0) is 25.1 Å². The van der Waals surface area contributed by atoms with Crippen LogP contribution in [0.3, 0.4) is 0 Å². The van der Waals surface area contributed by atoms with Crippen molar-refractivity contribution in [2.45, 2.75) is 19.3 Å². The Morgan fingerprint density at radius 1 is 1.11 bits per heavy atom. The molecule has 1 atom stereocenters. The van der Waals surface area contributed by atoms with Crippen LogP contribution in [0.1, 0.15) is 6.92 Å². The second-order valence-corrected chi connectivity index (χ2v) is 8.93. The van der Waals surface area contributed by atoms with Crippen LogP contribution in [0.5, 0.6) is 10.8 Å². The topological polar surface area (TPSA) is 102 Å². The van der Waals surface area contributed by atoms with Crippen LogP contribution in [0.25, 0.3) is 10.6 Å². The SMILES string of the molecule is CC(C(=O)Nc1cc(NC(=O)Oc2cnc(-c3ccccc3)s2)ccc1OC(F)(F)F)N1CCOCC1. The molecule has 37 heavy (non-hydrogen) atoms. The van der Waals surface area contributed by atoms with Gasteiger partial charge in [0.2, 0.25) is 11.0 Å². The second-order valence-electron chi connectivity index (χ2n) is 7.94. The number of hydrogen-bond acceptors (Lipinski definition) is 8. The summed E-state index contributed by atoms with van der Waals surface area (Å²) >= 11 is 1.15. The highest BCUT2D eigenvalue weighted by Gasteiger charge is 2.33. The summed E-state index contributed by atoms with van der Waals surface area (Å²) in [5.41, 5.74) is 0.681. The Kier molecular flexibility index (Phi) is 8.26. The van der Waals surface area contributed by atoms with Gasteiger partial charge in [-0.1, -0.05) is 41.7 Å². The number of carbonyl (C=O) groups is 2. The molecule has 1 fully saturated rings. The molecule has 4 rings (SSSR count). The molecule has 2 aromatic carbocycles. The summed E-state index contributed by atoms with van der Waals surface area (Å²) < 4.78 is 53.4. The van der Waals surface area contributed by atoms with E-state index >= 15 is 0 Å². The van der Waals surface area contributed by atoms with Crippen molar-refractivity contribution in [3.63, 3.8) is 0 Å². The highest BCUT2D eigenvalue weighted by Crippen LogP contribution is 2.34. The molecule has 0 aliphatic carbocycles. The van der Waals surface area contributed by atoms with Gasteiger partial charge in [0.15, 0.2) is 5.75 Å². The van der Waals surface area contributed by atoms with Crippen LogP contribution in [-0.2, 0) is 9.53 Å². The number of alkyl halides is 3. The predicted molar refractivity (Wildman–Crippen MR) is 131 cm³/mol. The van der Waals surface area contributed by atoms with Crippen molar-refractivity contribution in [3.8, 4) is 21.4 Å². The van der Waals surface area contributed by atoms with Gasteiger partial charge in [-0.2, -0.15) is 0 Å². The van der Waals surface area contributed by atoms with E-state index in [0.29, 0.717) is 31.3 Å². The number of halogens is 3. The lowest BCUT2D eigenvalue weighted by Crippen LogP contribution is -2.47. The second kappa shape index (κ2) is 11.6. The number of carbonyl (C=O) groups excluding carboxylic acids is 2. The molecular weight excluding hydrogens is 513 g/mol. The van der Waals surface area contributed by atoms with E-state index in [1.807, 2.05) is 35.2 Å². The zero-order valence-corrected chi connectivity index (χ0v) is 20.4. The van der Waals surface area contributed by atoms with Crippen LogP contribution in [0, 0.1) is 0 Å². The molecule has 2 N–H and O–H groups in total. The number of amides is 2. The Labute approximate surface area is 214 Å². The maximum atomic E-state index is 12.9. The van der Waals surface area contributed by atoms with Crippen molar-refractivity contribution in [2.24, 2.45) is 0 Å². The van der Waals surface area contributed by atoms with E-state index in [0.717, 1.165) is 29.0 Å². The van der Waals surface area contributed by atoms with Gasteiger partial charge in [0.1, 0.15) is 5.01 Å². The first-order valence-electron chi connectivity index (χ1n) is 11.2. The van der Waals surface area contributed by atoms with Crippen molar-refractivity contribution in [1.29, 1.82) is 0 Å². The number of aromatic nitrogens is 1. The number of ether oxygens (including phenoxy) is 3. The monoisotopic (exact) mass is 536 g/mol. The van der Waals surface area contributed by atoms with Crippen molar-refractivity contribution in [1.82, 2.24) is 9.88 Å². The molecule has 0 radical (unpaired) electrons. The molecule has 1 unspecified atom stereocenters. The fourth-order valence-corrected chi connectivity index (χ4v) is 4.31. The molecule has 2 heterocycles. The molecule has 1 aliphatic heterocycles. The fourth-order valence-electron chi connectivity index (χ4n) is 3.54. The van der Waals surface area contributed by atoms with E-state index in [-0.39, 0.29) is 16.4 Å². The normalized spacial score (nSPS) is 15.0. The van der Waals surface area contributed by atoms with Crippen LogP contribution in [0.4, 0.5) is 29.3 Å². The van der Waals surface area contributed by atoms with Gasteiger partial charge in [-0.3, -0.25) is 15.0 Å². The summed E-state index contributed by atoms with van der Waals surface area (Å²) in [6.07, 6.45) is -4.47. The van der Waals surface area contributed by atoms with Gasteiger partial charge in [0.05, 0.1) is 31.1 Å². The first-order chi connectivity index (χ1) is 17.7. The van der Waals surface area contributed by atoms with E-state index in [1.54, 1.807) is 6.92 Å². The van der Waals surface area contributed by atoms with Gasteiger partial charge in [-0.25, -0.2) is 9.78 Å². The quantitative estimate of drug-likeness (QED) is 0.439. The summed E-state index contributed by atoms with van der Waals surface area (Å²) in [6, 6.07) is 12.0. The minimum atomic E-state index is -4.98. The lowest BCUT2D eigenvalue weighted by atomic mass is 10.2. The Morgan fingerprint density at radius 3 is 2.54 bits per heavy atom. The maximum absolute atomic E-state index is 12.9. The van der Waals surface area contributed by atoms with Gasteiger partial charge >= 0.3 is 12.5 Å².